The molecule has 0 aliphatic carbocycles. The number of anilines is 2. The van der Waals surface area contributed by atoms with Gasteiger partial charge in [0.1, 0.15) is 10.8 Å². The van der Waals surface area contributed by atoms with E-state index in [-0.39, 0.29) is 28.8 Å². The zero-order valence-electron chi connectivity index (χ0n) is 17.0. The molecule has 1 aromatic heterocycles. The fourth-order valence-electron chi connectivity index (χ4n) is 3.49. The lowest BCUT2D eigenvalue weighted by atomic mass is 10.1. The number of carbonyl (C=O) groups excluding carboxylic acids is 2. The molecule has 3 aromatic rings. The second kappa shape index (κ2) is 8.72. The Hall–Kier alpha value is -2.84. The number of hydrogen-bond donors (Lipinski definition) is 1. The number of aromatic nitrogens is 2. The number of amides is 2. The van der Waals surface area contributed by atoms with Crippen LogP contribution in [0.5, 0.6) is 0 Å². The van der Waals surface area contributed by atoms with E-state index in [2.05, 4.69) is 15.5 Å². The Kier molecular flexibility index (Phi) is 6.02. The van der Waals surface area contributed by atoms with Crippen molar-refractivity contribution in [2.24, 2.45) is 0 Å². The zero-order chi connectivity index (χ0) is 22.1. The fraction of sp³-hybridized carbons (Fsp3) is 0.273. The first-order valence-electron chi connectivity index (χ1n) is 9.75. The van der Waals surface area contributed by atoms with Crippen LogP contribution < -0.4 is 10.2 Å². The predicted molar refractivity (Wildman–Crippen MR) is 119 cm³/mol. The number of carbonyl (C=O) groups is 2. The maximum absolute atomic E-state index is 13.9. The summed E-state index contributed by atoms with van der Waals surface area (Å²) in [5, 5.41) is 12.0. The predicted octanol–water partition coefficient (Wildman–Crippen LogP) is 4.65. The standard InChI is InChI=1S/C22H20ClFN4O2S/c1-12-6-7-15(8-13(12)2)28-11-14(9-20(28)30)21-26-27-22(31-21)25-19(29)10-16-17(23)4-3-5-18(16)24/h3-8,14H,9-11H2,1-2H3,(H,25,27,29)/t14-/m0/s1. The molecule has 1 aliphatic heterocycles. The van der Waals surface area contributed by atoms with Crippen molar-refractivity contribution in [2.75, 3.05) is 16.8 Å². The molecule has 2 amide bonds. The number of rotatable bonds is 5. The van der Waals surface area contributed by atoms with Crippen molar-refractivity contribution in [3.8, 4) is 0 Å². The Balaban J connectivity index is 1.42. The average molecular weight is 459 g/mol. The molecule has 0 spiro atoms. The molecule has 0 radical (unpaired) electrons. The summed E-state index contributed by atoms with van der Waals surface area (Å²) in [7, 11) is 0. The number of nitrogens with zero attached hydrogens (tertiary/aromatic N) is 3. The summed E-state index contributed by atoms with van der Waals surface area (Å²) in [6.45, 7) is 4.56. The molecule has 6 nitrogen and oxygen atoms in total. The van der Waals surface area contributed by atoms with E-state index in [0.29, 0.717) is 23.1 Å². The minimum atomic E-state index is -0.531. The van der Waals surface area contributed by atoms with Crippen LogP contribution >= 0.6 is 22.9 Å². The largest absolute Gasteiger partial charge is 0.312 e. The third-order valence-electron chi connectivity index (χ3n) is 5.36. The van der Waals surface area contributed by atoms with E-state index in [1.807, 2.05) is 32.0 Å². The highest BCUT2D eigenvalue weighted by Gasteiger charge is 2.34. The Morgan fingerprint density at radius 3 is 2.81 bits per heavy atom. The van der Waals surface area contributed by atoms with Crippen LogP contribution in [0.1, 0.15) is 34.0 Å². The summed E-state index contributed by atoms with van der Waals surface area (Å²) in [5.41, 5.74) is 3.31. The summed E-state index contributed by atoms with van der Waals surface area (Å²) in [6, 6.07) is 10.2. The van der Waals surface area contributed by atoms with Crippen molar-refractivity contribution in [1.29, 1.82) is 0 Å². The lowest BCUT2D eigenvalue weighted by Gasteiger charge is -2.17. The highest BCUT2D eigenvalue weighted by Crippen LogP contribution is 2.35. The van der Waals surface area contributed by atoms with Gasteiger partial charge < -0.3 is 10.2 Å². The van der Waals surface area contributed by atoms with Crippen LogP contribution in [0, 0.1) is 19.7 Å². The second-order valence-electron chi connectivity index (χ2n) is 7.54. The Labute approximate surface area is 188 Å². The van der Waals surface area contributed by atoms with Gasteiger partial charge in [0, 0.05) is 35.2 Å². The van der Waals surface area contributed by atoms with E-state index in [0.717, 1.165) is 11.3 Å². The van der Waals surface area contributed by atoms with Gasteiger partial charge in [-0.15, -0.1) is 10.2 Å². The fourth-order valence-corrected chi connectivity index (χ4v) is 4.57. The van der Waals surface area contributed by atoms with E-state index in [1.54, 1.807) is 4.90 Å². The molecule has 2 aromatic carbocycles. The molecule has 0 unspecified atom stereocenters. The molecular formula is C22H20ClFN4O2S. The van der Waals surface area contributed by atoms with Crippen molar-refractivity contribution in [3.05, 3.63) is 68.9 Å². The van der Waals surface area contributed by atoms with Gasteiger partial charge >= 0.3 is 0 Å². The normalized spacial score (nSPS) is 16.1. The first kappa shape index (κ1) is 21.4. The molecule has 1 N–H and O–H groups in total. The summed E-state index contributed by atoms with van der Waals surface area (Å²) in [4.78, 5) is 26.6. The number of halogens is 2. The highest BCUT2D eigenvalue weighted by molar-refractivity contribution is 7.15. The molecule has 31 heavy (non-hydrogen) atoms. The topological polar surface area (TPSA) is 75.2 Å². The van der Waals surface area contributed by atoms with Gasteiger partial charge in [0.05, 0.1) is 6.42 Å². The monoisotopic (exact) mass is 458 g/mol. The SMILES string of the molecule is Cc1ccc(N2C[C@@H](c3nnc(NC(=O)Cc4c(F)cccc4Cl)s3)CC2=O)cc1C. The smallest absolute Gasteiger partial charge is 0.230 e. The minimum Gasteiger partial charge on any atom is -0.312 e. The molecule has 1 fully saturated rings. The van der Waals surface area contributed by atoms with Crippen molar-refractivity contribution < 1.29 is 14.0 Å². The maximum atomic E-state index is 13.9. The van der Waals surface area contributed by atoms with E-state index in [4.69, 9.17) is 11.6 Å². The number of benzene rings is 2. The Morgan fingerprint density at radius 1 is 1.26 bits per heavy atom. The van der Waals surface area contributed by atoms with Crippen molar-refractivity contribution in [1.82, 2.24) is 10.2 Å². The van der Waals surface area contributed by atoms with Crippen molar-refractivity contribution in [2.45, 2.75) is 32.6 Å². The average Bonchev–Trinajstić information content (AvgIpc) is 3.33. The maximum Gasteiger partial charge on any atom is 0.230 e. The Morgan fingerprint density at radius 2 is 2.06 bits per heavy atom. The van der Waals surface area contributed by atoms with Crippen LogP contribution in [0.4, 0.5) is 15.2 Å². The highest BCUT2D eigenvalue weighted by atomic mass is 35.5. The van der Waals surface area contributed by atoms with Gasteiger partial charge in [0.25, 0.3) is 0 Å². The van der Waals surface area contributed by atoms with Crippen molar-refractivity contribution in [3.63, 3.8) is 0 Å². The molecular weight excluding hydrogens is 439 g/mol. The third kappa shape index (κ3) is 4.60. The van der Waals surface area contributed by atoms with Gasteiger partial charge in [-0.3, -0.25) is 9.59 Å². The number of hydrogen-bond acceptors (Lipinski definition) is 5. The quantitative estimate of drug-likeness (QED) is 0.604. The summed E-state index contributed by atoms with van der Waals surface area (Å²) < 4.78 is 13.9. The van der Waals surface area contributed by atoms with Gasteiger partial charge in [0.2, 0.25) is 16.9 Å². The van der Waals surface area contributed by atoms with Crippen LogP contribution in [0.25, 0.3) is 0 Å². The van der Waals surface area contributed by atoms with Crippen LogP contribution in [-0.2, 0) is 16.0 Å². The molecule has 0 saturated carbocycles. The summed E-state index contributed by atoms with van der Waals surface area (Å²) >= 11 is 7.20. The minimum absolute atomic E-state index is 0.0308. The number of nitrogens with one attached hydrogen (secondary N) is 1. The molecule has 4 rings (SSSR count). The van der Waals surface area contributed by atoms with Crippen LogP contribution in [-0.4, -0.2) is 28.6 Å². The van der Waals surface area contributed by atoms with Gasteiger partial charge in [-0.25, -0.2) is 4.39 Å². The first-order chi connectivity index (χ1) is 14.8. The van der Waals surface area contributed by atoms with E-state index in [9.17, 15) is 14.0 Å². The molecule has 1 saturated heterocycles. The van der Waals surface area contributed by atoms with Crippen LogP contribution in [0.15, 0.2) is 36.4 Å². The van der Waals surface area contributed by atoms with Crippen LogP contribution in [0.2, 0.25) is 5.02 Å². The molecule has 2 heterocycles. The van der Waals surface area contributed by atoms with E-state index >= 15 is 0 Å². The van der Waals surface area contributed by atoms with Crippen LogP contribution in [0.3, 0.4) is 0 Å². The van der Waals surface area contributed by atoms with E-state index in [1.165, 1.54) is 35.1 Å². The van der Waals surface area contributed by atoms with Gasteiger partial charge in [-0.2, -0.15) is 0 Å². The van der Waals surface area contributed by atoms with E-state index < -0.39 is 11.7 Å². The molecule has 1 aliphatic rings. The lowest BCUT2D eigenvalue weighted by molar-refractivity contribution is -0.117. The molecule has 1 atom stereocenters. The Bertz CT molecular complexity index is 1150. The zero-order valence-corrected chi connectivity index (χ0v) is 18.6. The number of aryl methyl sites for hydroxylation is 2. The molecule has 160 valence electrons. The van der Waals surface area contributed by atoms with Crippen molar-refractivity contribution >= 4 is 45.6 Å². The molecule has 9 heteroatoms. The van der Waals surface area contributed by atoms with Gasteiger partial charge in [0.15, 0.2) is 0 Å². The lowest BCUT2D eigenvalue weighted by Crippen LogP contribution is -2.24. The van der Waals surface area contributed by atoms with Gasteiger partial charge in [-0.1, -0.05) is 35.1 Å². The summed E-state index contributed by atoms with van der Waals surface area (Å²) in [5.74, 6) is -1.04. The summed E-state index contributed by atoms with van der Waals surface area (Å²) in [6.07, 6.45) is 0.128. The molecule has 0 bridgehead atoms. The van der Waals surface area contributed by atoms with Gasteiger partial charge in [-0.05, 0) is 49.2 Å². The second-order valence-corrected chi connectivity index (χ2v) is 8.96. The third-order valence-corrected chi connectivity index (χ3v) is 6.72. The first-order valence-corrected chi connectivity index (χ1v) is 10.9.